The molecule has 2 bridgehead atoms. The molecule has 1 amide bonds. The molecule has 1 aromatic carbocycles. The molecule has 2 atom stereocenters. The van der Waals surface area contributed by atoms with Crippen LogP contribution in [0.25, 0.3) is 0 Å². The second-order valence-corrected chi connectivity index (χ2v) is 6.98. The lowest BCUT2D eigenvalue weighted by Crippen LogP contribution is -2.49. The third-order valence-corrected chi connectivity index (χ3v) is 5.34. The maximum Gasteiger partial charge on any atom is 0.238 e. The summed E-state index contributed by atoms with van der Waals surface area (Å²) >= 11 is 2.24. The molecule has 4 nitrogen and oxygen atoms in total. The van der Waals surface area contributed by atoms with Crippen LogP contribution in [0.15, 0.2) is 24.3 Å². The van der Waals surface area contributed by atoms with Gasteiger partial charge in [0.05, 0.1) is 12.2 Å². The maximum atomic E-state index is 12.2. The SMILES string of the molecule is NC1CC2CCC(C1)N2CC(=O)Nc1ccccc1I. The Kier molecular flexibility index (Phi) is 4.28. The molecular formula is C15H20IN3O. The quantitative estimate of drug-likeness (QED) is 0.785. The highest BCUT2D eigenvalue weighted by molar-refractivity contribution is 14.1. The Morgan fingerprint density at radius 3 is 2.60 bits per heavy atom. The molecule has 2 fully saturated rings. The Balaban J connectivity index is 1.61. The molecule has 2 aliphatic rings. The predicted molar refractivity (Wildman–Crippen MR) is 88.5 cm³/mol. The lowest BCUT2D eigenvalue weighted by atomic mass is 9.98. The van der Waals surface area contributed by atoms with Crippen molar-refractivity contribution in [2.75, 3.05) is 11.9 Å². The minimum atomic E-state index is 0.0847. The van der Waals surface area contributed by atoms with E-state index >= 15 is 0 Å². The molecule has 20 heavy (non-hydrogen) atoms. The molecule has 2 saturated heterocycles. The summed E-state index contributed by atoms with van der Waals surface area (Å²) in [5.74, 6) is 0.0847. The average Bonchev–Trinajstić information content (AvgIpc) is 2.65. The van der Waals surface area contributed by atoms with Gasteiger partial charge in [-0.1, -0.05) is 12.1 Å². The van der Waals surface area contributed by atoms with E-state index in [0.717, 1.165) is 22.1 Å². The monoisotopic (exact) mass is 385 g/mol. The Morgan fingerprint density at radius 1 is 1.30 bits per heavy atom. The molecular weight excluding hydrogens is 365 g/mol. The molecule has 108 valence electrons. The fourth-order valence-corrected chi connectivity index (χ4v) is 4.01. The number of benzene rings is 1. The van der Waals surface area contributed by atoms with E-state index in [-0.39, 0.29) is 5.91 Å². The highest BCUT2D eigenvalue weighted by Gasteiger charge is 2.40. The lowest BCUT2D eigenvalue weighted by Gasteiger charge is -2.37. The van der Waals surface area contributed by atoms with Crippen molar-refractivity contribution in [2.45, 2.75) is 43.8 Å². The number of hydrogen-bond donors (Lipinski definition) is 2. The summed E-state index contributed by atoms with van der Waals surface area (Å²) in [5, 5.41) is 3.02. The molecule has 5 heteroatoms. The largest absolute Gasteiger partial charge is 0.328 e. The standard InChI is InChI=1S/C15H20IN3O/c16-13-3-1-2-4-14(13)18-15(20)9-19-11-5-6-12(19)8-10(17)7-11/h1-4,10-12H,5-9,17H2,(H,18,20). The molecule has 3 N–H and O–H groups in total. The zero-order valence-electron chi connectivity index (χ0n) is 11.4. The van der Waals surface area contributed by atoms with Crippen LogP contribution < -0.4 is 11.1 Å². The molecule has 1 aromatic rings. The summed E-state index contributed by atoms with van der Waals surface area (Å²) in [6, 6.07) is 9.20. The van der Waals surface area contributed by atoms with Crippen LogP contribution >= 0.6 is 22.6 Å². The number of piperidine rings is 1. The highest BCUT2D eigenvalue weighted by Crippen LogP contribution is 2.34. The normalized spacial score (nSPS) is 29.4. The molecule has 2 aliphatic heterocycles. The number of halogens is 1. The third-order valence-electron chi connectivity index (χ3n) is 4.39. The van der Waals surface area contributed by atoms with Gasteiger partial charge in [0.15, 0.2) is 0 Å². The Bertz CT molecular complexity index is 494. The summed E-state index contributed by atoms with van der Waals surface area (Å²) in [4.78, 5) is 14.6. The number of anilines is 1. The van der Waals surface area contributed by atoms with Crippen LogP contribution in [0.5, 0.6) is 0 Å². The highest BCUT2D eigenvalue weighted by atomic mass is 127. The van der Waals surface area contributed by atoms with Crippen molar-refractivity contribution in [3.8, 4) is 0 Å². The third kappa shape index (κ3) is 2.99. The van der Waals surface area contributed by atoms with Crippen LogP contribution in [-0.4, -0.2) is 35.5 Å². The van der Waals surface area contributed by atoms with E-state index in [1.165, 1.54) is 12.8 Å². The first-order valence-electron chi connectivity index (χ1n) is 7.19. The van der Waals surface area contributed by atoms with Crippen molar-refractivity contribution in [1.82, 2.24) is 4.90 Å². The minimum absolute atomic E-state index is 0.0847. The molecule has 0 saturated carbocycles. The van der Waals surface area contributed by atoms with Crippen molar-refractivity contribution in [3.63, 3.8) is 0 Å². The summed E-state index contributed by atoms with van der Waals surface area (Å²) in [6.45, 7) is 0.493. The number of nitrogens with two attached hydrogens (primary N) is 1. The molecule has 0 aliphatic carbocycles. The van der Waals surface area contributed by atoms with E-state index in [4.69, 9.17) is 5.73 Å². The van der Waals surface area contributed by atoms with Crippen molar-refractivity contribution in [3.05, 3.63) is 27.8 Å². The van der Waals surface area contributed by atoms with Gasteiger partial charge >= 0.3 is 0 Å². The Hall–Kier alpha value is -0.660. The number of amides is 1. The summed E-state index contributed by atoms with van der Waals surface area (Å²) in [5.41, 5.74) is 6.97. The van der Waals surface area contributed by atoms with Gasteiger partial charge in [-0.25, -0.2) is 0 Å². The van der Waals surface area contributed by atoms with E-state index in [9.17, 15) is 4.79 Å². The molecule has 2 unspecified atom stereocenters. The number of nitrogens with zero attached hydrogens (tertiary/aromatic N) is 1. The van der Waals surface area contributed by atoms with Crippen LogP contribution in [0.2, 0.25) is 0 Å². The number of hydrogen-bond acceptors (Lipinski definition) is 3. The molecule has 3 rings (SSSR count). The van der Waals surface area contributed by atoms with Crippen molar-refractivity contribution < 1.29 is 4.79 Å². The molecule has 0 spiro atoms. The Labute approximate surface area is 133 Å². The summed E-state index contributed by atoms with van der Waals surface area (Å²) in [7, 11) is 0. The Morgan fingerprint density at radius 2 is 1.95 bits per heavy atom. The fraction of sp³-hybridized carbons (Fsp3) is 0.533. The van der Waals surface area contributed by atoms with Gasteiger partial charge < -0.3 is 11.1 Å². The van der Waals surface area contributed by atoms with Gasteiger partial charge in [0, 0.05) is 21.7 Å². The predicted octanol–water partition coefficient (Wildman–Crippen LogP) is 2.18. The van der Waals surface area contributed by atoms with E-state index in [2.05, 4.69) is 32.8 Å². The molecule has 0 aromatic heterocycles. The number of carbonyl (C=O) groups is 1. The number of carbonyl (C=O) groups excluding carboxylic acids is 1. The number of para-hydroxylation sites is 1. The number of nitrogens with one attached hydrogen (secondary N) is 1. The van der Waals surface area contributed by atoms with Gasteiger partial charge in [0.1, 0.15) is 0 Å². The topological polar surface area (TPSA) is 58.4 Å². The van der Waals surface area contributed by atoms with Gasteiger partial charge in [-0.3, -0.25) is 9.69 Å². The summed E-state index contributed by atoms with van der Waals surface area (Å²) in [6.07, 6.45) is 4.45. The van der Waals surface area contributed by atoms with E-state index in [1.807, 2.05) is 24.3 Å². The number of rotatable bonds is 3. The second-order valence-electron chi connectivity index (χ2n) is 5.82. The van der Waals surface area contributed by atoms with E-state index < -0.39 is 0 Å². The fourth-order valence-electron chi connectivity index (χ4n) is 3.49. The van der Waals surface area contributed by atoms with Gasteiger partial charge in [0.25, 0.3) is 0 Å². The van der Waals surface area contributed by atoms with Crippen LogP contribution in [0.3, 0.4) is 0 Å². The van der Waals surface area contributed by atoms with Crippen molar-refractivity contribution >= 4 is 34.2 Å². The van der Waals surface area contributed by atoms with Crippen LogP contribution in [0.4, 0.5) is 5.69 Å². The second kappa shape index (κ2) is 5.99. The van der Waals surface area contributed by atoms with Gasteiger partial charge in [-0.15, -0.1) is 0 Å². The molecule has 0 radical (unpaired) electrons. The zero-order chi connectivity index (χ0) is 14.1. The van der Waals surface area contributed by atoms with Crippen molar-refractivity contribution in [2.24, 2.45) is 5.73 Å². The van der Waals surface area contributed by atoms with Gasteiger partial charge in [-0.2, -0.15) is 0 Å². The van der Waals surface area contributed by atoms with E-state index in [1.54, 1.807) is 0 Å². The lowest BCUT2D eigenvalue weighted by molar-refractivity contribution is -0.118. The van der Waals surface area contributed by atoms with Gasteiger partial charge in [-0.05, 0) is 60.4 Å². The first kappa shape index (κ1) is 14.3. The first-order valence-corrected chi connectivity index (χ1v) is 8.27. The smallest absolute Gasteiger partial charge is 0.238 e. The van der Waals surface area contributed by atoms with Crippen LogP contribution in [0.1, 0.15) is 25.7 Å². The zero-order valence-corrected chi connectivity index (χ0v) is 13.5. The van der Waals surface area contributed by atoms with Crippen LogP contribution in [0, 0.1) is 3.57 Å². The van der Waals surface area contributed by atoms with E-state index in [0.29, 0.717) is 24.7 Å². The van der Waals surface area contributed by atoms with Crippen LogP contribution in [-0.2, 0) is 4.79 Å². The minimum Gasteiger partial charge on any atom is -0.328 e. The van der Waals surface area contributed by atoms with Gasteiger partial charge in [0.2, 0.25) is 5.91 Å². The number of fused-ring (bicyclic) bond motifs is 2. The van der Waals surface area contributed by atoms with Crippen molar-refractivity contribution in [1.29, 1.82) is 0 Å². The first-order chi connectivity index (χ1) is 9.63. The molecule has 2 heterocycles. The summed E-state index contributed by atoms with van der Waals surface area (Å²) < 4.78 is 1.07. The average molecular weight is 385 g/mol. The maximum absolute atomic E-state index is 12.2.